The summed E-state index contributed by atoms with van der Waals surface area (Å²) >= 11 is 0. The van der Waals surface area contributed by atoms with Gasteiger partial charge in [-0.25, -0.2) is 9.59 Å². The number of hydrogen-bond donors (Lipinski definition) is 2. The van der Waals surface area contributed by atoms with E-state index >= 15 is 0 Å². The Morgan fingerprint density at radius 3 is 1.75 bits per heavy atom. The zero-order valence-electron chi connectivity index (χ0n) is 27.3. The van der Waals surface area contributed by atoms with E-state index in [1.807, 2.05) is 12.1 Å². The van der Waals surface area contributed by atoms with Crippen LogP contribution in [0.25, 0.3) is 0 Å². The Balaban J connectivity index is 1.43. The Morgan fingerprint density at radius 2 is 1.20 bits per heavy atom. The molecule has 44 heavy (non-hydrogen) atoms. The quantitative estimate of drug-likeness (QED) is 0.0628. The highest BCUT2D eigenvalue weighted by Gasteiger charge is 2.20. The van der Waals surface area contributed by atoms with Gasteiger partial charge in [0.05, 0.1) is 30.2 Å². The number of ether oxygens (including phenoxy) is 3. The topological polar surface area (TPSA) is 85.9 Å². The van der Waals surface area contributed by atoms with Gasteiger partial charge in [0.1, 0.15) is 11.5 Å². The number of carbonyl (C=O) groups excluding carboxylic acids is 2. The van der Waals surface area contributed by atoms with Crippen molar-refractivity contribution >= 4 is 23.3 Å². The number of nitrogens with one attached hydrogen (secondary N) is 2. The van der Waals surface area contributed by atoms with Gasteiger partial charge >= 0.3 is 11.9 Å². The fourth-order valence-electron chi connectivity index (χ4n) is 4.21. The van der Waals surface area contributed by atoms with Gasteiger partial charge in [-0.1, -0.05) is 54.2 Å². The van der Waals surface area contributed by atoms with E-state index < -0.39 is 5.97 Å². The molecular formula is C37H48N2O5. The van der Waals surface area contributed by atoms with Crippen molar-refractivity contribution in [1.82, 2.24) is 0 Å². The molecule has 0 fully saturated rings. The number of unbranched alkanes of at least 4 members (excludes halogenated alkanes) is 3. The molecule has 0 atom stereocenters. The fourth-order valence-corrected chi connectivity index (χ4v) is 4.21. The van der Waals surface area contributed by atoms with Crippen LogP contribution in [-0.4, -0.2) is 25.2 Å². The van der Waals surface area contributed by atoms with E-state index in [1.54, 1.807) is 43.3 Å². The molecule has 0 amide bonds. The summed E-state index contributed by atoms with van der Waals surface area (Å²) in [6.07, 6.45) is 3.63. The monoisotopic (exact) mass is 600 g/mol. The molecule has 3 aromatic rings. The summed E-state index contributed by atoms with van der Waals surface area (Å²) in [4.78, 5) is 24.0. The van der Waals surface area contributed by atoms with E-state index in [9.17, 15) is 9.59 Å². The van der Waals surface area contributed by atoms with Crippen LogP contribution in [0.3, 0.4) is 0 Å². The average Bonchev–Trinajstić information content (AvgIpc) is 2.97. The molecule has 0 radical (unpaired) electrons. The van der Waals surface area contributed by atoms with Crippen LogP contribution in [-0.2, 0) is 20.4 Å². The number of rotatable bonds is 14. The highest BCUT2D eigenvalue weighted by Crippen LogP contribution is 2.32. The standard InChI is InChI=1S/C37H48N2O5/c1-26(2)34(40)43-22-12-10-9-11-21-42-32-17-13-27(14-18-32)35(41)44-33-19-15-30(16-20-33)38-39-31-24-28(36(3,4)5)23-29(25-31)37(6,7)8/h13-20,23-25,38-39H,1,9-12,21-22H2,2-8H3. The molecular weight excluding hydrogens is 552 g/mol. The minimum absolute atomic E-state index is 0.0303. The third-order valence-electron chi connectivity index (χ3n) is 7.06. The Morgan fingerprint density at radius 1 is 0.682 bits per heavy atom. The van der Waals surface area contributed by atoms with Gasteiger partial charge in [-0.2, -0.15) is 0 Å². The fraction of sp³-hybridized carbons (Fsp3) is 0.405. The largest absolute Gasteiger partial charge is 0.494 e. The van der Waals surface area contributed by atoms with Gasteiger partial charge in [0, 0.05) is 5.57 Å². The minimum Gasteiger partial charge on any atom is -0.494 e. The third-order valence-corrected chi connectivity index (χ3v) is 7.06. The minimum atomic E-state index is -0.434. The lowest BCUT2D eigenvalue weighted by Gasteiger charge is -2.26. The van der Waals surface area contributed by atoms with Gasteiger partial charge in [-0.05, 0) is 115 Å². The van der Waals surface area contributed by atoms with Crippen LogP contribution in [0.1, 0.15) is 95.6 Å². The summed E-state index contributed by atoms with van der Waals surface area (Å²) in [5.74, 6) is 0.381. The van der Waals surface area contributed by atoms with Crippen molar-refractivity contribution in [2.24, 2.45) is 0 Å². The van der Waals surface area contributed by atoms with Crippen molar-refractivity contribution < 1.29 is 23.8 Å². The molecule has 0 heterocycles. The molecule has 7 nitrogen and oxygen atoms in total. The van der Waals surface area contributed by atoms with Crippen molar-refractivity contribution in [3.63, 3.8) is 0 Å². The average molecular weight is 601 g/mol. The second-order valence-corrected chi connectivity index (χ2v) is 13.2. The molecule has 0 spiro atoms. The van der Waals surface area contributed by atoms with Gasteiger partial charge in [0.2, 0.25) is 0 Å². The smallest absolute Gasteiger partial charge is 0.343 e. The predicted molar refractivity (Wildman–Crippen MR) is 179 cm³/mol. The van der Waals surface area contributed by atoms with Crippen LogP contribution in [0, 0.1) is 0 Å². The molecule has 3 rings (SSSR count). The van der Waals surface area contributed by atoms with Crippen molar-refractivity contribution in [3.05, 3.63) is 95.6 Å². The number of esters is 2. The SMILES string of the molecule is C=C(C)C(=O)OCCCCCCOc1ccc(C(=O)Oc2ccc(NNc3cc(C(C)(C)C)cc(C(C)(C)C)c3)cc2)cc1. The second kappa shape index (κ2) is 15.5. The van der Waals surface area contributed by atoms with Gasteiger partial charge in [-0.15, -0.1) is 0 Å². The molecule has 3 aromatic carbocycles. The zero-order chi connectivity index (χ0) is 32.3. The number of hydrazine groups is 1. The first-order valence-corrected chi connectivity index (χ1v) is 15.3. The summed E-state index contributed by atoms with van der Waals surface area (Å²) in [6, 6.07) is 20.8. The summed E-state index contributed by atoms with van der Waals surface area (Å²) in [7, 11) is 0. The van der Waals surface area contributed by atoms with E-state index in [1.165, 1.54) is 11.1 Å². The highest BCUT2D eigenvalue weighted by molar-refractivity contribution is 5.91. The first kappa shape index (κ1) is 34.2. The van der Waals surface area contributed by atoms with E-state index in [4.69, 9.17) is 14.2 Å². The molecule has 0 unspecified atom stereocenters. The third kappa shape index (κ3) is 11.1. The lowest BCUT2D eigenvalue weighted by atomic mass is 9.80. The van der Waals surface area contributed by atoms with Crippen LogP contribution in [0.4, 0.5) is 11.4 Å². The van der Waals surface area contributed by atoms with Crippen LogP contribution < -0.4 is 20.3 Å². The Hall–Kier alpha value is -4.26. The molecule has 0 aliphatic rings. The summed E-state index contributed by atoms with van der Waals surface area (Å²) < 4.78 is 16.4. The number of carbonyl (C=O) groups is 2. The van der Waals surface area contributed by atoms with E-state index in [0.29, 0.717) is 35.8 Å². The van der Waals surface area contributed by atoms with Gasteiger partial charge in [0.25, 0.3) is 0 Å². The first-order valence-electron chi connectivity index (χ1n) is 15.3. The van der Waals surface area contributed by atoms with Crippen molar-refractivity contribution in [2.75, 3.05) is 24.1 Å². The molecule has 0 aromatic heterocycles. The second-order valence-electron chi connectivity index (χ2n) is 13.2. The normalized spacial score (nSPS) is 11.4. The maximum absolute atomic E-state index is 12.7. The van der Waals surface area contributed by atoms with Crippen LogP contribution >= 0.6 is 0 Å². The van der Waals surface area contributed by atoms with Crippen LogP contribution in [0.2, 0.25) is 0 Å². The maximum Gasteiger partial charge on any atom is 0.343 e. The van der Waals surface area contributed by atoms with E-state index in [-0.39, 0.29) is 16.8 Å². The lowest BCUT2D eigenvalue weighted by molar-refractivity contribution is -0.139. The van der Waals surface area contributed by atoms with Crippen molar-refractivity contribution in [1.29, 1.82) is 0 Å². The molecule has 2 N–H and O–H groups in total. The first-order chi connectivity index (χ1) is 20.7. The Bertz CT molecular complexity index is 1370. The number of anilines is 2. The van der Waals surface area contributed by atoms with Gasteiger partial charge in [0.15, 0.2) is 0 Å². The molecule has 0 aliphatic carbocycles. The Kier molecular flexibility index (Phi) is 12.0. The van der Waals surface area contributed by atoms with E-state index in [2.05, 4.69) is 77.2 Å². The highest BCUT2D eigenvalue weighted by atomic mass is 16.5. The van der Waals surface area contributed by atoms with Crippen molar-refractivity contribution in [2.45, 2.75) is 85.0 Å². The molecule has 0 saturated heterocycles. The predicted octanol–water partition coefficient (Wildman–Crippen LogP) is 9.00. The van der Waals surface area contributed by atoms with Gasteiger partial charge in [-0.3, -0.25) is 0 Å². The Labute approximate surface area is 263 Å². The maximum atomic E-state index is 12.7. The zero-order valence-corrected chi connectivity index (χ0v) is 27.3. The van der Waals surface area contributed by atoms with Gasteiger partial charge < -0.3 is 25.1 Å². The van der Waals surface area contributed by atoms with Crippen LogP contribution in [0.5, 0.6) is 11.5 Å². The van der Waals surface area contributed by atoms with E-state index in [0.717, 1.165) is 37.1 Å². The van der Waals surface area contributed by atoms with Crippen molar-refractivity contribution in [3.8, 4) is 11.5 Å². The molecule has 0 bridgehead atoms. The lowest BCUT2D eigenvalue weighted by Crippen LogP contribution is -2.18. The molecule has 0 aliphatic heterocycles. The molecule has 236 valence electrons. The number of hydrogen-bond acceptors (Lipinski definition) is 7. The summed E-state index contributed by atoms with van der Waals surface area (Å²) in [6.45, 7) is 19.5. The summed E-state index contributed by atoms with van der Waals surface area (Å²) in [5.41, 5.74) is 11.9. The molecule has 7 heteroatoms. The molecule has 0 saturated carbocycles. The number of benzene rings is 3. The van der Waals surface area contributed by atoms with Crippen LogP contribution in [0.15, 0.2) is 78.9 Å². The summed E-state index contributed by atoms with van der Waals surface area (Å²) in [5, 5.41) is 0.